The van der Waals surface area contributed by atoms with E-state index in [1.165, 1.54) is 12.1 Å². The molecular weight excluding hydrogens is 311 g/mol. The molecule has 0 spiro atoms. The number of rotatable bonds is 4. The molecule has 0 heterocycles. The average molecular weight is 333 g/mol. The quantitative estimate of drug-likeness (QED) is 0.897. The highest BCUT2D eigenvalue weighted by atomic mass is 19.4. The van der Waals surface area contributed by atoms with Crippen LogP contribution in [0.2, 0.25) is 0 Å². The first-order valence-corrected chi connectivity index (χ1v) is 7.30. The van der Waals surface area contributed by atoms with Crippen molar-refractivity contribution in [3.8, 4) is 0 Å². The maximum Gasteiger partial charge on any atom is 0.416 e. The van der Waals surface area contributed by atoms with Gasteiger partial charge in [0.25, 0.3) is 0 Å². The fraction of sp³-hybridized carbons (Fsp3) is 0.562. The summed E-state index contributed by atoms with van der Waals surface area (Å²) in [5.41, 5.74) is -1.63. The Hall–Kier alpha value is -1.76. The van der Waals surface area contributed by atoms with Gasteiger partial charge in [0.2, 0.25) is 0 Å². The predicted molar refractivity (Wildman–Crippen MR) is 81.3 cm³/mol. The molecule has 4 nitrogen and oxygen atoms in total. The molecule has 1 N–H and O–H groups in total. The van der Waals surface area contributed by atoms with E-state index in [0.29, 0.717) is 6.42 Å². The standard InChI is InChI=1S/C16H22F3NO3/c1-5-13(21)10-20(14(22)23-15(2,3)4)12-8-6-7-11(9-12)16(17,18)19/h6-9,13,21H,5,10H2,1-4H3. The van der Waals surface area contributed by atoms with Crippen LogP contribution in [0.25, 0.3) is 0 Å². The van der Waals surface area contributed by atoms with Crippen LogP contribution >= 0.6 is 0 Å². The molecule has 0 aliphatic heterocycles. The Morgan fingerprint density at radius 3 is 2.39 bits per heavy atom. The molecule has 0 aliphatic carbocycles. The zero-order chi connectivity index (χ0) is 17.8. The average Bonchev–Trinajstić information content (AvgIpc) is 2.41. The lowest BCUT2D eigenvalue weighted by Crippen LogP contribution is -2.41. The number of carbonyl (C=O) groups is 1. The number of alkyl halides is 3. The van der Waals surface area contributed by atoms with Crippen LogP contribution in [0.15, 0.2) is 24.3 Å². The molecule has 130 valence electrons. The van der Waals surface area contributed by atoms with Gasteiger partial charge in [0.05, 0.1) is 18.2 Å². The lowest BCUT2D eigenvalue weighted by atomic mass is 10.1. The maximum absolute atomic E-state index is 12.8. The summed E-state index contributed by atoms with van der Waals surface area (Å²) in [6.45, 7) is 6.54. The molecule has 1 amide bonds. The highest BCUT2D eigenvalue weighted by molar-refractivity contribution is 5.88. The number of carbonyl (C=O) groups excluding carboxylic acids is 1. The third kappa shape index (κ3) is 6.09. The minimum Gasteiger partial charge on any atom is -0.443 e. The number of hydrogen-bond donors (Lipinski definition) is 1. The summed E-state index contributed by atoms with van der Waals surface area (Å²) in [4.78, 5) is 13.3. The monoisotopic (exact) mass is 333 g/mol. The molecule has 1 atom stereocenters. The van der Waals surface area contributed by atoms with Crippen LogP contribution in [-0.2, 0) is 10.9 Å². The first kappa shape index (κ1) is 19.3. The maximum atomic E-state index is 12.8. The Morgan fingerprint density at radius 1 is 1.30 bits per heavy atom. The molecule has 23 heavy (non-hydrogen) atoms. The smallest absolute Gasteiger partial charge is 0.416 e. The highest BCUT2D eigenvalue weighted by Crippen LogP contribution is 2.32. The van der Waals surface area contributed by atoms with E-state index in [4.69, 9.17) is 4.74 Å². The molecule has 1 unspecified atom stereocenters. The molecule has 0 saturated carbocycles. The molecule has 0 fully saturated rings. The van der Waals surface area contributed by atoms with Crippen LogP contribution in [0.5, 0.6) is 0 Å². The van der Waals surface area contributed by atoms with E-state index in [0.717, 1.165) is 17.0 Å². The zero-order valence-corrected chi connectivity index (χ0v) is 13.6. The largest absolute Gasteiger partial charge is 0.443 e. The van der Waals surface area contributed by atoms with Crippen molar-refractivity contribution in [3.63, 3.8) is 0 Å². The molecular formula is C16H22F3NO3. The first-order valence-electron chi connectivity index (χ1n) is 7.30. The molecule has 0 aliphatic rings. The molecule has 0 aromatic heterocycles. The van der Waals surface area contributed by atoms with E-state index >= 15 is 0 Å². The highest BCUT2D eigenvalue weighted by Gasteiger charge is 2.32. The Morgan fingerprint density at radius 2 is 1.91 bits per heavy atom. The van der Waals surface area contributed by atoms with Gasteiger partial charge >= 0.3 is 12.3 Å². The number of nitrogens with zero attached hydrogens (tertiary/aromatic N) is 1. The predicted octanol–water partition coefficient (Wildman–Crippen LogP) is 4.22. The molecule has 0 bridgehead atoms. The molecule has 1 rings (SSSR count). The topological polar surface area (TPSA) is 49.8 Å². The van der Waals surface area contributed by atoms with Crippen LogP contribution < -0.4 is 4.90 Å². The van der Waals surface area contributed by atoms with Gasteiger partial charge in [-0.15, -0.1) is 0 Å². The number of aliphatic hydroxyl groups is 1. The number of ether oxygens (including phenoxy) is 1. The van der Waals surface area contributed by atoms with Crippen molar-refractivity contribution in [3.05, 3.63) is 29.8 Å². The molecule has 1 aromatic rings. The summed E-state index contributed by atoms with van der Waals surface area (Å²) in [5, 5.41) is 9.79. The van der Waals surface area contributed by atoms with Gasteiger partial charge in [0.1, 0.15) is 5.60 Å². The first-order chi connectivity index (χ1) is 10.4. The van der Waals surface area contributed by atoms with Gasteiger partial charge in [-0.2, -0.15) is 13.2 Å². The lowest BCUT2D eigenvalue weighted by molar-refractivity contribution is -0.137. The second-order valence-corrected chi connectivity index (χ2v) is 6.20. The van der Waals surface area contributed by atoms with Crippen molar-refractivity contribution in [2.75, 3.05) is 11.4 Å². The Balaban J connectivity index is 3.16. The van der Waals surface area contributed by atoms with Crippen LogP contribution in [0.1, 0.15) is 39.7 Å². The summed E-state index contributed by atoms with van der Waals surface area (Å²) in [6.07, 6.45) is -5.82. The van der Waals surface area contributed by atoms with E-state index in [2.05, 4.69) is 0 Å². The van der Waals surface area contributed by atoms with Crippen molar-refractivity contribution in [2.24, 2.45) is 0 Å². The minimum absolute atomic E-state index is 0.0292. The lowest BCUT2D eigenvalue weighted by Gasteiger charge is -2.29. The fourth-order valence-corrected chi connectivity index (χ4v) is 1.79. The SMILES string of the molecule is CCC(O)CN(C(=O)OC(C)(C)C)c1cccc(C(F)(F)F)c1. The fourth-order valence-electron chi connectivity index (χ4n) is 1.79. The number of halogens is 3. The summed E-state index contributed by atoms with van der Waals surface area (Å²) in [7, 11) is 0. The van der Waals surface area contributed by atoms with E-state index < -0.39 is 29.5 Å². The zero-order valence-electron chi connectivity index (χ0n) is 13.6. The van der Waals surface area contributed by atoms with Gasteiger partial charge in [-0.3, -0.25) is 4.90 Å². The number of amides is 1. The summed E-state index contributed by atoms with van der Waals surface area (Å²) in [6, 6.07) is 4.38. The Bertz CT molecular complexity index is 538. The molecule has 7 heteroatoms. The molecule has 0 saturated heterocycles. The van der Waals surface area contributed by atoms with E-state index in [1.54, 1.807) is 27.7 Å². The number of hydrogen-bond acceptors (Lipinski definition) is 3. The van der Waals surface area contributed by atoms with Gasteiger partial charge in [0, 0.05) is 5.69 Å². The van der Waals surface area contributed by atoms with Gasteiger partial charge < -0.3 is 9.84 Å². The summed E-state index contributed by atoms with van der Waals surface area (Å²) in [5.74, 6) is 0. The van der Waals surface area contributed by atoms with Gasteiger partial charge in [0.15, 0.2) is 0 Å². The third-order valence-electron chi connectivity index (χ3n) is 2.96. The number of anilines is 1. The number of benzene rings is 1. The van der Waals surface area contributed by atoms with E-state index in [9.17, 15) is 23.1 Å². The second kappa shape index (κ2) is 7.21. The Kier molecular flexibility index (Phi) is 6.04. The summed E-state index contributed by atoms with van der Waals surface area (Å²) >= 11 is 0. The van der Waals surface area contributed by atoms with Gasteiger partial charge in [-0.05, 0) is 45.4 Å². The van der Waals surface area contributed by atoms with Crippen molar-refractivity contribution in [2.45, 2.75) is 52.0 Å². The van der Waals surface area contributed by atoms with Crippen molar-refractivity contribution < 1.29 is 27.8 Å². The second-order valence-electron chi connectivity index (χ2n) is 6.20. The van der Waals surface area contributed by atoms with Crippen LogP contribution in [-0.4, -0.2) is 29.4 Å². The van der Waals surface area contributed by atoms with Crippen LogP contribution in [0, 0.1) is 0 Å². The molecule has 0 radical (unpaired) electrons. The van der Waals surface area contributed by atoms with Crippen molar-refractivity contribution in [1.82, 2.24) is 0 Å². The van der Waals surface area contributed by atoms with Crippen LogP contribution in [0.4, 0.5) is 23.7 Å². The van der Waals surface area contributed by atoms with E-state index in [1.807, 2.05) is 0 Å². The van der Waals surface area contributed by atoms with E-state index in [-0.39, 0.29) is 12.2 Å². The van der Waals surface area contributed by atoms with Gasteiger partial charge in [-0.1, -0.05) is 13.0 Å². The summed E-state index contributed by atoms with van der Waals surface area (Å²) < 4.78 is 43.8. The number of aliphatic hydroxyl groups excluding tert-OH is 1. The normalized spacial score (nSPS) is 13.6. The minimum atomic E-state index is -4.51. The molecule has 1 aromatic carbocycles. The van der Waals surface area contributed by atoms with Crippen molar-refractivity contribution >= 4 is 11.8 Å². The Labute approximate surface area is 133 Å². The van der Waals surface area contributed by atoms with Crippen molar-refractivity contribution in [1.29, 1.82) is 0 Å². The third-order valence-corrected chi connectivity index (χ3v) is 2.96. The van der Waals surface area contributed by atoms with Gasteiger partial charge in [-0.25, -0.2) is 4.79 Å². The van der Waals surface area contributed by atoms with Crippen LogP contribution in [0.3, 0.4) is 0 Å².